The third-order valence-corrected chi connectivity index (χ3v) is 5.87. The minimum atomic E-state index is 0.681. The van der Waals surface area contributed by atoms with Gasteiger partial charge in [0.15, 0.2) is 0 Å². The van der Waals surface area contributed by atoms with Crippen LogP contribution in [0.3, 0.4) is 0 Å². The van der Waals surface area contributed by atoms with Gasteiger partial charge < -0.3 is 5.73 Å². The average Bonchev–Trinajstić information content (AvgIpc) is 2.89. The van der Waals surface area contributed by atoms with Gasteiger partial charge in [-0.15, -0.1) is 11.3 Å². The molecule has 0 fully saturated rings. The monoisotopic (exact) mass is 306 g/mol. The molecular weight excluding hydrogens is 284 g/mol. The number of aromatic nitrogens is 1. The molecule has 0 radical (unpaired) electrons. The molecular formula is C16H22N2S2. The Balaban J connectivity index is 2.20. The molecule has 1 unspecified atom stereocenters. The first-order valence-corrected chi connectivity index (χ1v) is 8.96. The zero-order valence-corrected chi connectivity index (χ0v) is 13.8. The summed E-state index contributed by atoms with van der Waals surface area (Å²) in [5.41, 5.74) is 8.06. The van der Waals surface area contributed by atoms with Crippen LogP contribution in [0.5, 0.6) is 0 Å². The molecule has 0 aliphatic rings. The molecule has 0 saturated carbocycles. The quantitative estimate of drug-likeness (QED) is 0.827. The molecule has 2 nitrogen and oxygen atoms in total. The second-order valence-corrected chi connectivity index (χ2v) is 7.41. The van der Waals surface area contributed by atoms with Crippen molar-refractivity contribution in [2.24, 2.45) is 5.73 Å². The van der Waals surface area contributed by atoms with Crippen LogP contribution in [-0.4, -0.2) is 16.8 Å². The summed E-state index contributed by atoms with van der Waals surface area (Å²) in [6, 6.07) is 10.4. The standard InChI is InChI=1S/C16H22N2S2/c1-3-12(2)19-11-15-18-16(14(20-15)9-10-17)13-7-5-4-6-8-13/h4-8,12H,3,9-11,17H2,1-2H3. The summed E-state index contributed by atoms with van der Waals surface area (Å²) in [5.74, 6) is 1.00. The summed E-state index contributed by atoms with van der Waals surface area (Å²) < 4.78 is 0. The van der Waals surface area contributed by atoms with Crippen molar-refractivity contribution in [3.05, 3.63) is 40.2 Å². The Morgan fingerprint density at radius 2 is 2.05 bits per heavy atom. The molecule has 4 heteroatoms. The van der Waals surface area contributed by atoms with Gasteiger partial charge in [-0.05, 0) is 19.4 Å². The molecule has 1 heterocycles. The average molecular weight is 307 g/mol. The first kappa shape index (κ1) is 15.5. The van der Waals surface area contributed by atoms with E-state index >= 15 is 0 Å². The molecule has 1 aromatic heterocycles. The predicted octanol–water partition coefficient (Wildman–Crippen LogP) is 4.34. The molecule has 20 heavy (non-hydrogen) atoms. The number of nitrogens with zero attached hydrogens (tertiary/aromatic N) is 1. The molecule has 0 saturated heterocycles. The van der Waals surface area contributed by atoms with Gasteiger partial charge in [-0.3, -0.25) is 0 Å². The minimum Gasteiger partial charge on any atom is -0.330 e. The number of benzene rings is 1. The van der Waals surface area contributed by atoms with Crippen LogP contribution in [0, 0.1) is 0 Å². The van der Waals surface area contributed by atoms with E-state index in [0.717, 1.165) is 17.9 Å². The van der Waals surface area contributed by atoms with Crippen molar-refractivity contribution in [2.45, 2.75) is 37.7 Å². The summed E-state index contributed by atoms with van der Waals surface area (Å²) in [6.07, 6.45) is 2.12. The number of thiazole rings is 1. The van der Waals surface area contributed by atoms with Crippen molar-refractivity contribution in [1.82, 2.24) is 4.98 Å². The Morgan fingerprint density at radius 3 is 2.70 bits per heavy atom. The summed E-state index contributed by atoms with van der Waals surface area (Å²) in [4.78, 5) is 6.17. The van der Waals surface area contributed by atoms with E-state index in [9.17, 15) is 0 Å². The maximum Gasteiger partial charge on any atom is 0.103 e. The van der Waals surface area contributed by atoms with E-state index in [-0.39, 0.29) is 0 Å². The molecule has 2 N–H and O–H groups in total. The second-order valence-electron chi connectivity index (χ2n) is 4.81. The molecule has 108 valence electrons. The van der Waals surface area contributed by atoms with E-state index in [0.29, 0.717) is 11.8 Å². The fourth-order valence-corrected chi connectivity index (χ4v) is 3.98. The summed E-state index contributed by atoms with van der Waals surface area (Å²) >= 11 is 3.80. The van der Waals surface area contributed by atoms with Crippen molar-refractivity contribution in [3.8, 4) is 11.3 Å². The first-order valence-electron chi connectivity index (χ1n) is 7.10. The Labute approximate surface area is 129 Å². The molecule has 0 aliphatic carbocycles. The highest BCUT2D eigenvalue weighted by atomic mass is 32.2. The number of hydrogen-bond donors (Lipinski definition) is 1. The molecule has 1 aromatic carbocycles. The van der Waals surface area contributed by atoms with E-state index in [2.05, 4.69) is 38.1 Å². The Morgan fingerprint density at radius 1 is 1.30 bits per heavy atom. The van der Waals surface area contributed by atoms with E-state index in [1.165, 1.54) is 21.9 Å². The Kier molecular flexibility index (Phi) is 6.07. The maximum absolute atomic E-state index is 5.73. The SMILES string of the molecule is CCC(C)SCc1nc(-c2ccccc2)c(CCN)s1. The van der Waals surface area contributed by atoms with E-state index < -0.39 is 0 Å². The second kappa shape index (κ2) is 7.81. The number of thioether (sulfide) groups is 1. The first-order chi connectivity index (χ1) is 9.74. The molecule has 0 aliphatic heterocycles. The highest BCUT2D eigenvalue weighted by molar-refractivity contribution is 7.99. The molecule has 2 rings (SSSR count). The van der Waals surface area contributed by atoms with Crippen LogP contribution in [0.1, 0.15) is 30.2 Å². The van der Waals surface area contributed by atoms with Gasteiger partial charge in [0.25, 0.3) is 0 Å². The van der Waals surface area contributed by atoms with Crippen LogP contribution in [0.2, 0.25) is 0 Å². The zero-order valence-electron chi connectivity index (χ0n) is 12.1. The lowest BCUT2D eigenvalue weighted by molar-refractivity contribution is 0.905. The van der Waals surface area contributed by atoms with Crippen molar-refractivity contribution in [1.29, 1.82) is 0 Å². The molecule has 0 spiro atoms. The summed E-state index contributed by atoms with van der Waals surface area (Å²) in [6.45, 7) is 5.19. The van der Waals surface area contributed by atoms with Gasteiger partial charge in [-0.2, -0.15) is 11.8 Å². The Hall–Kier alpha value is -0.840. The fourth-order valence-electron chi connectivity index (χ4n) is 1.92. The van der Waals surface area contributed by atoms with Gasteiger partial charge >= 0.3 is 0 Å². The molecule has 0 amide bonds. The van der Waals surface area contributed by atoms with Gasteiger partial charge in [-0.25, -0.2) is 4.98 Å². The highest BCUT2D eigenvalue weighted by Crippen LogP contribution is 2.31. The van der Waals surface area contributed by atoms with Crippen LogP contribution in [-0.2, 0) is 12.2 Å². The summed E-state index contributed by atoms with van der Waals surface area (Å²) in [5, 5.41) is 1.91. The van der Waals surface area contributed by atoms with Crippen LogP contribution >= 0.6 is 23.1 Å². The lowest BCUT2D eigenvalue weighted by Gasteiger charge is -2.05. The smallest absolute Gasteiger partial charge is 0.103 e. The molecule has 2 aromatic rings. The van der Waals surface area contributed by atoms with Crippen LogP contribution < -0.4 is 5.73 Å². The van der Waals surface area contributed by atoms with E-state index in [4.69, 9.17) is 10.7 Å². The van der Waals surface area contributed by atoms with Crippen molar-refractivity contribution in [2.75, 3.05) is 6.54 Å². The van der Waals surface area contributed by atoms with Crippen molar-refractivity contribution in [3.63, 3.8) is 0 Å². The minimum absolute atomic E-state index is 0.681. The largest absolute Gasteiger partial charge is 0.330 e. The van der Waals surface area contributed by atoms with Gasteiger partial charge in [0.1, 0.15) is 5.01 Å². The maximum atomic E-state index is 5.73. The van der Waals surface area contributed by atoms with Gasteiger partial charge in [0.2, 0.25) is 0 Å². The van der Waals surface area contributed by atoms with Gasteiger partial charge in [0.05, 0.1) is 5.69 Å². The highest BCUT2D eigenvalue weighted by Gasteiger charge is 2.13. The molecule has 1 atom stereocenters. The van der Waals surface area contributed by atoms with Crippen molar-refractivity contribution >= 4 is 23.1 Å². The lowest BCUT2D eigenvalue weighted by Crippen LogP contribution is -2.02. The van der Waals surface area contributed by atoms with E-state index in [1.54, 1.807) is 0 Å². The Bertz CT molecular complexity index is 523. The topological polar surface area (TPSA) is 38.9 Å². The van der Waals surface area contributed by atoms with Crippen molar-refractivity contribution < 1.29 is 0 Å². The fraction of sp³-hybridized carbons (Fsp3) is 0.438. The predicted molar refractivity (Wildman–Crippen MR) is 91.4 cm³/mol. The number of hydrogen-bond acceptors (Lipinski definition) is 4. The van der Waals surface area contributed by atoms with Gasteiger partial charge in [-0.1, -0.05) is 44.2 Å². The number of nitrogens with two attached hydrogens (primary N) is 1. The lowest BCUT2D eigenvalue weighted by atomic mass is 10.1. The van der Waals surface area contributed by atoms with Crippen LogP contribution in [0.15, 0.2) is 30.3 Å². The van der Waals surface area contributed by atoms with Gasteiger partial charge in [0, 0.05) is 21.4 Å². The zero-order chi connectivity index (χ0) is 14.4. The number of rotatable bonds is 7. The summed E-state index contributed by atoms with van der Waals surface area (Å²) in [7, 11) is 0. The van der Waals surface area contributed by atoms with Crippen LogP contribution in [0.25, 0.3) is 11.3 Å². The third-order valence-electron chi connectivity index (χ3n) is 3.23. The normalized spacial score (nSPS) is 12.6. The molecule has 0 bridgehead atoms. The van der Waals surface area contributed by atoms with Crippen LogP contribution in [0.4, 0.5) is 0 Å². The third kappa shape index (κ3) is 4.08. The van der Waals surface area contributed by atoms with E-state index in [1.807, 2.05) is 29.2 Å².